The highest BCUT2D eigenvalue weighted by Crippen LogP contribution is 2.35. The Hall–Kier alpha value is -0.730. The molecule has 98 valence electrons. The van der Waals surface area contributed by atoms with Crippen molar-refractivity contribution >= 4 is 11.6 Å². The number of halogens is 1. The summed E-state index contributed by atoms with van der Waals surface area (Å²) in [4.78, 5) is 0. The van der Waals surface area contributed by atoms with Crippen molar-refractivity contribution in [2.45, 2.75) is 38.1 Å². The van der Waals surface area contributed by atoms with Gasteiger partial charge in [0.05, 0.1) is 6.61 Å². The third-order valence-corrected chi connectivity index (χ3v) is 4.28. The molecule has 0 radical (unpaired) electrons. The third-order valence-electron chi connectivity index (χ3n) is 4.06. The van der Waals surface area contributed by atoms with Gasteiger partial charge in [0.25, 0.3) is 0 Å². The molecule has 1 aromatic rings. The Morgan fingerprint density at radius 2 is 2.22 bits per heavy atom. The Labute approximate surface area is 114 Å². The molecular formula is C15H20ClNO. The van der Waals surface area contributed by atoms with Gasteiger partial charge in [-0.2, -0.15) is 0 Å². The molecule has 2 aliphatic rings. The topological polar surface area (TPSA) is 21.3 Å². The van der Waals surface area contributed by atoms with Crippen LogP contribution < -0.4 is 10.1 Å². The van der Waals surface area contributed by atoms with Gasteiger partial charge in [-0.1, -0.05) is 11.6 Å². The normalized spacial score (nSPS) is 27.4. The molecule has 0 bridgehead atoms. The minimum atomic E-state index is 0.0581. The summed E-state index contributed by atoms with van der Waals surface area (Å²) in [5, 5.41) is 4.34. The Bertz CT molecular complexity index is 436. The van der Waals surface area contributed by atoms with Gasteiger partial charge in [0, 0.05) is 10.6 Å². The van der Waals surface area contributed by atoms with Gasteiger partial charge in [0.1, 0.15) is 5.75 Å². The zero-order chi connectivity index (χ0) is 12.6. The van der Waals surface area contributed by atoms with E-state index in [4.69, 9.17) is 16.3 Å². The second-order valence-corrected chi connectivity index (χ2v) is 6.23. The van der Waals surface area contributed by atoms with E-state index in [9.17, 15) is 0 Å². The molecule has 2 fully saturated rings. The smallest absolute Gasteiger partial charge is 0.121 e. The summed E-state index contributed by atoms with van der Waals surface area (Å²) in [6, 6.07) is 6.13. The highest BCUT2D eigenvalue weighted by Gasteiger charge is 2.30. The molecule has 3 heteroatoms. The molecule has 1 heterocycles. The number of hydrogen-bond donors (Lipinski definition) is 1. The summed E-state index contributed by atoms with van der Waals surface area (Å²) < 4.78 is 5.84. The first-order valence-electron chi connectivity index (χ1n) is 6.85. The summed E-state index contributed by atoms with van der Waals surface area (Å²) in [6.45, 7) is 4.17. The summed E-state index contributed by atoms with van der Waals surface area (Å²) >= 11 is 6.21. The van der Waals surface area contributed by atoms with Gasteiger partial charge in [-0.15, -0.1) is 0 Å². The van der Waals surface area contributed by atoms with Crippen molar-refractivity contribution in [1.82, 2.24) is 5.32 Å². The second-order valence-electron chi connectivity index (χ2n) is 5.79. The number of hydrogen-bond acceptors (Lipinski definition) is 2. The molecule has 1 aliphatic heterocycles. The lowest BCUT2D eigenvalue weighted by Crippen LogP contribution is -2.33. The van der Waals surface area contributed by atoms with Gasteiger partial charge < -0.3 is 10.1 Å². The summed E-state index contributed by atoms with van der Waals surface area (Å²) in [6.07, 6.45) is 5.01. The molecule has 1 saturated heterocycles. The van der Waals surface area contributed by atoms with Crippen LogP contribution in [0.2, 0.25) is 5.02 Å². The highest BCUT2D eigenvalue weighted by atomic mass is 35.5. The fourth-order valence-corrected chi connectivity index (χ4v) is 2.83. The van der Waals surface area contributed by atoms with Crippen molar-refractivity contribution in [2.24, 2.45) is 5.92 Å². The number of nitrogens with one attached hydrogen (secondary N) is 1. The molecule has 0 amide bonds. The quantitative estimate of drug-likeness (QED) is 0.896. The SMILES string of the molecule is CC1(c2cc(Cl)cc(OCC3CC3)c2)CCCN1. The van der Waals surface area contributed by atoms with Crippen LogP contribution in [0.3, 0.4) is 0 Å². The molecule has 18 heavy (non-hydrogen) atoms. The summed E-state index contributed by atoms with van der Waals surface area (Å²) in [5.74, 6) is 1.69. The fourth-order valence-electron chi connectivity index (χ4n) is 2.60. The van der Waals surface area contributed by atoms with E-state index in [1.54, 1.807) is 0 Å². The Morgan fingerprint density at radius 3 is 2.89 bits per heavy atom. The van der Waals surface area contributed by atoms with E-state index in [0.717, 1.165) is 36.3 Å². The first kappa shape index (κ1) is 12.3. The monoisotopic (exact) mass is 265 g/mol. The lowest BCUT2D eigenvalue weighted by atomic mass is 9.90. The van der Waals surface area contributed by atoms with Crippen LogP contribution in [-0.2, 0) is 5.54 Å². The molecule has 2 nitrogen and oxygen atoms in total. The maximum absolute atomic E-state index is 6.21. The van der Waals surface area contributed by atoms with Crippen molar-refractivity contribution in [3.8, 4) is 5.75 Å². The fraction of sp³-hybridized carbons (Fsp3) is 0.600. The molecule has 0 aromatic heterocycles. The Kier molecular flexibility index (Phi) is 3.25. The van der Waals surface area contributed by atoms with Crippen LogP contribution in [0.5, 0.6) is 5.75 Å². The third kappa shape index (κ3) is 2.65. The Morgan fingerprint density at radius 1 is 1.39 bits per heavy atom. The van der Waals surface area contributed by atoms with Gasteiger partial charge in [-0.3, -0.25) is 0 Å². The average Bonchev–Trinajstić information content (AvgIpc) is 3.07. The largest absolute Gasteiger partial charge is 0.493 e. The first-order chi connectivity index (χ1) is 8.66. The van der Waals surface area contributed by atoms with Gasteiger partial charge in [-0.25, -0.2) is 0 Å². The maximum atomic E-state index is 6.21. The van der Waals surface area contributed by atoms with Crippen molar-refractivity contribution in [1.29, 1.82) is 0 Å². The van der Waals surface area contributed by atoms with E-state index < -0.39 is 0 Å². The van der Waals surface area contributed by atoms with Crippen LogP contribution in [-0.4, -0.2) is 13.2 Å². The van der Waals surface area contributed by atoms with Crippen LogP contribution >= 0.6 is 11.6 Å². The number of rotatable bonds is 4. The lowest BCUT2D eigenvalue weighted by molar-refractivity contribution is 0.298. The van der Waals surface area contributed by atoms with Gasteiger partial charge in [0.15, 0.2) is 0 Å². The van der Waals surface area contributed by atoms with Crippen molar-refractivity contribution in [2.75, 3.05) is 13.2 Å². The molecule has 1 unspecified atom stereocenters. The van der Waals surface area contributed by atoms with E-state index in [1.165, 1.54) is 24.8 Å². The molecule has 1 saturated carbocycles. The minimum Gasteiger partial charge on any atom is -0.493 e. The van der Waals surface area contributed by atoms with Gasteiger partial charge in [0.2, 0.25) is 0 Å². The highest BCUT2D eigenvalue weighted by molar-refractivity contribution is 6.30. The van der Waals surface area contributed by atoms with Crippen molar-refractivity contribution < 1.29 is 4.74 Å². The van der Waals surface area contributed by atoms with E-state index in [1.807, 2.05) is 6.07 Å². The Balaban J connectivity index is 1.80. The zero-order valence-electron chi connectivity index (χ0n) is 10.8. The average molecular weight is 266 g/mol. The van der Waals surface area contributed by atoms with Crippen LogP contribution in [0, 0.1) is 5.92 Å². The van der Waals surface area contributed by atoms with Crippen molar-refractivity contribution in [3.63, 3.8) is 0 Å². The lowest BCUT2D eigenvalue weighted by Gasteiger charge is -2.25. The molecule has 3 rings (SSSR count). The minimum absolute atomic E-state index is 0.0581. The number of benzene rings is 1. The van der Waals surface area contributed by atoms with Crippen LogP contribution in [0.15, 0.2) is 18.2 Å². The van der Waals surface area contributed by atoms with Crippen LogP contribution in [0.1, 0.15) is 38.2 Å². The molecule has 1 N–H and O–H groups in total. The van der Waals surface area contributed by atoms with Crippen LogP contribution in [0.4, 0.5) is 0 Å². The molecule has 1 aliphatic carbocycles. The maximum Gasteiger partial charge on any atom is 0.121 e. The van der Waals surface area contributed by atoms with E-state index in [0.29, 0.717) is 0 Å². The van der Waals surface area contributed by atoms with E-state index >= 15 is 0 Å². The van der Waals surface area contributed by atoms with Gasteiger partial charge >= 0.3 is 0 Å². The predicted molar refractivity (Wildman–Crippen MR) is 74.3 cm³/mol. The van der Waals surface area contributed by atoms with Crippen LogP contribution in [0.25, 0.3) is 0 Å². The molecule has 0 spiro atoms. The van der Waals surface area contributed by atoms with E-state index in [-0.39, 0.29) is 5.54 Å². The summed E-state index contributed by atoms with van der Waals surface area (Å²) in [5.41, 5.74) is 1.31. The van der Waals surface area contributed by atoms with Gasteiger partial charge in [-0.05, 0) is 68.8 Å². The number of ether oxygens (including phenoxy) is 1. The molecule has 1 aromatic carbocycles. The predicted octanol–water partition coefficient (Wildman–Crippen LogP) is 3.73. The van der Waals surface area contributed by atoms with E-state index in [2.05, 4.69) is 24.4 Å². The second kappa shape index (κ2) is 4.75. The zero-order valence-corrected chi connectivity index (χ0v) is 11.6. The standard InChI is InChI=1S/C15H20ClNO/c1-15(5-2-6-17-15)12-7-13(16)9-14(8-12)18-10-11-3-4-11/h7-9,11,17H,2-6,10H2,1H3. The first-order valence-corrected chi connectivity index (χ1v) is 7.22. The summed E-state index contributed by atoms with van der Waals surface area (Å²) in [7, 11) is 0. The van der Waals surface area contributed by atoms with Crippen molar-refractivity contribution in [3.05, 3.63) is 28.8 Å². The molecular weight excluding hydrogens is 246 g/mol. The molecule has 1 atom stereocenters.